The van der Waals surface area contributed by atoms with Gasteiger partial charge in [0, 0.05) is 17.9 Å². The highest BCUT2D eigenvalue weighted by Crippen LogP contribution is 2.28. The van der Waals surface area contributed by atoms with Crippen LogP contribution in [0.4, 0.5) is 0 Å². The van der Waals surface area contributed by atoms with Crippen molar-refractivity contribution in [3.8, 4) is 0 Å². The van der Waals surface area contributed by atoms with Crippen molar-refractivity contribution < 1.29 is 9.90 Å². The first-order valence-corrected chi connectivity index (χ1v) is 10.6. The summed E-state index contributed by atoms with van der Waals surface area (Å²) in [5.74, 6) is 0.247. The minimum absolute atomic E-state index is 0.0310. The van der Waals surface area contributed by atoms with Crippen LogP contribution < -0.4 is 0 Å². The average Bonchev–Trinajstić information content (AvgIpc) is 3.09. The normalized spacial score (nSPS) is 11.7. The van der Waals surface area contributed by atoms with E-state index in [-0.39, 0.29) is 17.8 Å². The van der Waals surface area contributed by atoms with Crippen molar-refractivity contribution in [2.24, 2.45) is 5.41 Å². The van der Waals surface area contributed by atoms with Crippen LogP contribution in [0.5, 0.6) is 0 Å². The Kier molecular flexibility index (Phi) is 8.53. The lowest BCUT2D eigenvalue weighted by atomic mass is 9.84. The lowest BCUT2D eigenvalue weighted by Crippen LogP contribution is -2.15. The van der Waals surface area contributed by atoms with Gasteiger partial charge in [0.25, 0.3) is 0 Å². The summed E-state index contributed by atoms with van der Waals surface area (Å²) in [6.45, 7) is 4.42. The number of hydrogen-bond donors (Lipinski definition) is 1. The Morgan fingerprint density at radius 3 is 2.42 bits per heavy atom. The van der Waals surface area contributed by atoms with E-state index in [0.29, 0.717) is 6.42 Å². The van der Waals surface area contributed by atoms with E-state index in [1.807, 2.05) is 6.07 Å². The smallest absolute Gasteiger partial charge is 0.172 e. The summed E-state index contributed by atoms with van der Waals surface area (Å²) < 4.78 is 0. The maximum absolute atomic E-state index is 12.4. The van der Waals surface area contributed by atoms with Gasteiger partial charge in [-0.05, 0) is 61.6 Å². The number of rotatable bonds is 12. The molecule has 3 heteroatoms. The van der Waals surface area contributed by atoms with Gasteiger partial charge in [0.05, 0.1) is 4.88 Å². The number of aliphatic hydroxyl groups is 1. The largest absolute Gasteiger partial charge is 0.396 e. The summed E-state index contributed by atoms with van der Waals surface area (Å²) in [7, 11) is 0. The zero-order valence-electron chi connectivity index (χ0n) is 16.2. The molecule has 1 aromatic heterocycles. The molecule has 2 aromatic rings. The van der Waals surface area contributed by atoms with Gasteiger partial charge in [-0.25, -0.2) is 0 Å². The highest BCUT2D eigenvalue weighted by atomic mass is 32.1. The monoisotopic (exact) mass is 372 g/mol. The van der Waals surface area contributed by atoms with Crippen molar-refractivity contribution in [2.75, 3.05) is 6.61 Å². The lowest BCUT2D eigenvalue weighted by molar-refractivity contribution is 0.0958. The molecular weight excluding hydrogens is 340 g/mol. The molecule has 1 heterocycles. The van der Waals surface area contributed by atoms with Crippen LogP contribution in [0.2, 0.25) is 0 Å². The zero-order chi connectivity index (χ0) is 18.8. The van der Waals surface area contributed by atoms with Crippen LogP contribution in [0, 0.1) is 5.41 Å². The van der Waals surface area contributed by atoms with Gasteiger partial charge in [-0.2, -0.15) is 0 Å². The molecule has 0 atom stereocenters. The number of unbranched alkanes of at least 4 members (excludes halogenated alkanes) is 2. The average molecular weight is 373 g/mol. The summed E-state index contributed by atoms with van der Waals surface area (Å²) in [6.07, 6.45) is 8.01. The fourth-order valence-corrected chi connectivity index (χ4v) is 4.13. The van der Waals surface area contributed by atoms with Gasteiger partial charge in [0.15, 0.2) is 5.78 Å². The summed E-state index contributed by atoms with van der Waals surface area (Å²) in [4.78, 5) is 14.6. The Bertz CT molecular complexity index is 658. The first-order chi connectivity index (χ1) is 12.5. The number of hydrogen-bond acceptors (Lipinski definition) is 3. The van der Waals surface area contributed by atoms with E-state index in [4.69, 9.17) is 5.11 Å². The summed E-state index contributed by atoms with van der Waals surface area (Å²) in [6, 6.07) is 14.8. The Hall–Kier alpha value is -1.45. The lowest BCUT2D eigenvalue weighted by Gasteiger charge is -2.22. The Labute approximate surface area is 162 Å². The molecule has 0 bridgehead atoms. The van der Waals surface area contributed by atoms with Crippen LogP contribution in [-0.4, -0.2) is 17.5 Å². The van der Waals surface area contributed by atoms with Gasteiger partial charge in [-0.3, -0.25) is 4.79 Å². The highest BCUT2D eigenvalue weighted by molar-refractivity contribution is 7.14. The first kappa shape index (κ1) is 20.9. The molecule has 2 rings (SSSR count). The second-order valence-corrected chi connectivity index (χ2v) is 9.04. The molecule has 0 saturated carbocycles. The van der Waals surface area contributed by atoms with E-state index in [9.17, 15) is 4.79 Å². The molecule has 0 aliphatic rings. The third kappa shape index (κ3) is 7.43. The predicted molar refractivity (Wildman–Crippen MR) is 111 cm³/mol. The summed E-state index contributed by atoms with van der Waals surface area (Å²) in [5.41, 5.74) is 1.45. The summed E-state index contributed by atoms with van der Waals surface area (Å²) >= 11 is 1.66. The number of Topliss-reactive ketones (excluding diaryl/α,β-unsaturated/α-hetero) is 1. The van der Waals surface area contributed by atoms with Gasteiger partial charge >= 0.3 is 0 Å². The van der Waals surface area contributed by atoms with Crippen molar-refractivity contribution in [1.29, 1.82) is 0 Å². The number of carbonyl (C=O) groups excluding carboxylic acids is 1. The van der Waals surface area contributed by atoms with Crippen molar-refractivity contribution in [1.82, 2.24) is 0 Å². The van der Waals surface area contributed by atoms with Gasteiger partial charge in [0.1, 0.15) is 0 Å². The molecule has 0 saturated heterocycles. The van der Waals surface area contributed by atoms with E-state index < -0.39 is 0 Å². The Morgan fingerprint density at radius 1 is 0.962 bits per heavy atom. The van der Waals surface area contributed by atoms with E-state index >= 15 is 0 Å². The van der Waals surface area contributed by atoms with Gasteiger partial charge in [-0.1, -0.05) is 50.6 Å². The Balaban J connectivity index is 1.67. The minimum Gasteiger partial charge on any atom is -0.396 e. The molecule has 0 aliphatic heterocycles. The fraction of sp³-hybridized carbons (Fsp3) is 0.522. The van der Waals surface area contributed by atoms with Gasteiger partial charge in [-0.15, -0.1) is 11.3 Å². The van der Waals surface area contributed by atoms with Gasteiger partial charge in [0.2, 0.25) is 0 Å². The molecule has 26 heavy (non-hydrogen) atoms. The van der Waals surface area contributed by atoms with Crippen molar-refractivity contribution in [3.63, 3.8) is 0 Å². The molecule has 0 unspecified atom stereocenters. The van der Waals surface area contributed by atoms with E-state index in [2.05, 4.69) is 50.2 Å². The zero-order valence-corrected chi connectivity index (χ0v) is 17.0. The number of carbonyl (C=O) groups is 1. The molecule has 0 spiro atoms. The molecule has 0 radical (unpaired) electrons. The molecule has 1 aromatic carbocycles. The van der Waals surface area contributed by atoms with Crippen LogP contribution in [0.25, 0.3) is 0 Å². The molecular formula is C23H32O2S. The summed E-state index contributed by atoms with van der Waals surface area (Å²) in [5, 5.41) is 9.09. The molecule has 0 fully saturated rings. The van der Waals surface area contributed by atoms with Crippen molar-refractivity contribution in [2.45, 2.75) is 65.2 Å². The number of ketones is 1. The van der Waals surface area contributed by atoms with Crippen LogP contribution in [-0.2, 0) is 12.8 Å². The SMILES string of the molecule is CC(C)(CCO)CCC(=O)c1ccc(CCCCCc2ccccc2)s1. The number of aliphatic hydroxyl groups excluding tert-OH is 1. The molecule has 1 N–H and O–H groups in total. The number of thiophene rings is 1. The third-order valence-corrected chi connectivity index (χ3v) is 6.17. The second-order valence-electron chi connectivity index (χ2n) is 7.87. The molecule has 0 aliphatic carbocycles. The Morgan fingerprint density at radius 2 is 1.69 bits per heavy atom. The van der Waals surface area contributed by atoms with Crippen molar-refractivity contribution >= 4 is 17.1 Å². The molecule has 2 nitrogen and oxygen atoms in total. The van der Waals surface area contributed by atoms with Crippen LogP contribution >= 0.6 is 11.3 Å². The quantitative estimate of drug-likeness (QED) is 0.362. The molecule has 142 valence electrons. The van der Waals surface area contributed by atoms with Crippen molar-refractivity contribution in [3.05, 3.63) is 57.8 Å². The minimum atomic E-state index is 0.0310. The second kappa shape index (κ2) is 10.6. The van der Waals surface area contributed by atoms with Crippen LogP contribution in [0.1, 0.15) is 72.5 Å². The highest BCUT2D eigenvalue weighted by Gasteiger charge is 2.19. The maximum Gasteiger partial charge on any atom is 0.172 e. The third-order valence-electron chi connectivity index (χ3n) is 4.99. The standard InChI is InChI=1S/C23H32O2S/c1-23(2,17-18-24)16-15-21(25)22-14-13-20(26-22)12-8-4-7-11-19-9-5-3-6-10-19/h3,5-6,9-10,13-14,24H,4,7-8,11-12,15-18H2,1-2H3. The van der Waals surface area contributed by atoms with Crippen LogP contribution in [0.3, 0.4) is 0 Å². The van der Waals surface area contributed by atoms with E-state index in [1.54, 1.807) is 11.3 Å². The van der Waals surface area contributed by atoms with Crippen LogP contribution in [0.15, 0.2) is 42.5 Å². The molecule has 0 amide bonds. The number of aryl methyl sites for hydroxylation is 2. The van der Waals surface area contributed by atoms with E-state index in [1.165, 1.54) is 29.7 Å². The maximum atomic E-state index is 12.4. The fourth-order valence-electron chi connectivity index (χ4n) is 3.11. The van der Waals surface area contributed by atoms with E-state index in [0.717, 1.165) is 30.6 Å². The number of benzene rings is 1. The first-order valence-electron chi connectivity index (χ1n) is 9.77. The topological polar surface area (TPSA) is 37.3 Å². The van der Waals surface area contributed by atoms with Gasteiger partial charge < -0.3 is 5.11 Å². The predicted octanol–water partition coefficient (Wildman–Crippen LogP) is 6.08.